The molecule has 1 aliphatic heterocycles. The molecule has 1 aromatic carbocycles. The molecule has 1 aliphatic rings. The van der Waals surface area contributed by atoms with Crippen molar-refractivity contribution >= 4 is 23.5 Å². The first-order valence-electron chi connectivity index (χ1n) is 6.00. The fraction of sp³-hybridized carbons (Fsp3) is 0.308. The van der Waals surface area contributed by atoms with Gasteiger partial charge in [-0.25, -0.2) is 4.79 Å². The van der Waals surface area contributed by atoms with Crippen molar-refractivity contribution in [2.24, 2.45) is 0 Å². The Kier molecular flexibility index (Phi) is 3.60. The molecule has 7 nitrogen and oxygen atoms in total. The van der Waals surface area contributed by atoms with Crippen LogP contribution in [0.5, 0.6) is 5.75 Å². The normalized spacial score (nSPS) is 17.2. The maximum Gasteiger partial charge on any atom is 0.335 e. The number of amides is 2. The van der Waals surface area contributed by atoms with E-state index in [0.29, 0.717) is 5.75 Å². The second-order valence-corrected chi connectivity index (χ2v) is 4.35. The van der Waals surface area contributed by atoms with Crippen molar-refractivity contribution in [1.29, 1.82) is 0 Å². The Morgan fingerprint density at radius 3 is 2.75 bits per heavy atom. The first-order valence-corrected chi connectivity index (χ1v) is 6.00. The highest BCUT2D eigenvalue weighted by atomic mass is 16.5. The summed E-state index contributed by atoms with van der Waals surface area (Å²) in [7, 11) is 1.46. The molecule has 1 atom stereocenters. The molecule has 2 rings (SSSR count). The quantitative estimate of drug-likeness (QED) is 0.826. The fourth-order valence-corrected chi connectivity index (χ4v) is 1.93. The van der Waals surface area contributed by atoms with Crippen LogP contribution in [0.15, 0.2) is 18.2 Å². The van der Waals surface area contributed by atoms with Crippen LogP contribution in [0.3, 0.4) is 0 Å². The minimum atomic E-state index is -1.11. The van der Waals surface area contributed by atoms with Gasteiger partial charge in [-0.2, -0.15) is 0 Å². The summed E-state index contributed by atoms with van der Waals surface area (Å²) in [5.74, 6) is -1.47. The van der Waals surface area contributed by atoms with E-state index in [-0.39, 0.29) is 29.6 Å². The van der Waals surface area contributed by atoms with Crippen LogP contribution in [0.1, 0.15) is 17.3 Å². The predicted molar refractivity (Wildman–Crippen MR) is 69.9 cm³/mol. The molecular weight excluding hydrogens is 264 g/mol. The van der Waals surface area contributed by atoms with Gasteiger partial charge in [-0.3, -0.25) is 14.5 Å². The van der Waals surface area contributed by atoms with Crippen LogP contribution in [0.4, 0.5) is 5.69 Å². The molecule has 0 aromatic heterocycles. The summed E-state index contributed by atoms with van der Waals surface area (Å²) >= 11 is 0. The lowest BCUT2D eigenvalue weighted by Crippen LogP contribution is -2.48. The summed E-state index contributed by atoms with van der Waals surface area (Å²) in [5.41, 5.74) is 0.313. The number of ether oxygens (including phenoxy) is 1. The largest absolute Gasteiger partial charge is 0.479 e. The number of nitrogens with zero attached hydrogens (tertiary/aromatic N) is 1. The van der Waals surface area contributed by atoms with Gasteiger partial charge in [-0.1, -0.05) is 0 Å². The Balaban J connectivity index is 2.46. The Labute approximate surface area is 115 Å². The zero-order valence-electron chi connectivity index (χ0n) is 11.0. The smallest absolute Gasteiger partial charge is 0.335 e. The number of hydrogen-bond acceptors (Lipinski definition) is 4. The molecule has 0 saturated carbocycles. The van der Waals surface area contributed by atoms with Gasteiger partial charge in [0.25, 0.3) is 5.91 Å². The second kappa shape index (κ2) is 5.20. The minimum absolute atomic E-state index is 0.0246. The zero-order chi connectivity index (χ0) is 14.9. The molecule has 0 aliphatic carbocycles. The van der Waals surface area contributed by atoms with Gasteiger partial charge in [-0.15, -0.1) is 0 Å². The Bertz CT molecular complexity index is 584. The fourth-order valence-electron chi connectivity index (χ4n) is 1.93. The van der Waals surface area contributed by atoms with E-state index in [1.54, 1.807) is 6.92 Å². The highest BCUT2D eigenvalue weighted by Crippen LogP contribution is 2.34. The molecule has 0 spiro atoms. The number of anilines is 1. The van der Waals surface area contributed by atoms with Crippen LogP contribution in [0, 0.1) is 0 Å². The van der Waals surface area contributed by atoms with Gasteiger partial charge in [0.1, 0.15) is 12.3 Å². The lowest BCUT2D eigenvalue weighted by atomic mass is 10.1. The van der Waals surface area contributed by atoms with Crippen LogP contribution in [0.2, 0.25) is 0 Å². The third-order valence-corrected chi connectivity index (χ3v) is 2.99. The molecule has 20 heavy (non-hydrogen) atoms. The summed E-state index contributed by atoms with van der Waals surface area (Å²) in [6.07, 6.45) is -0.720. The summed E-state index contributed by atoms with van der Waals surface area (Å²) in [5, 5.41) is 11.4. The van der Waals surface area contributed by atoms with Crippen LogP contribution >= 0.6 is 0 Å². The van der Waals surface area contributed by atoms with Gasteiger partial charge in [-0.05, 0) is 25.1 Å². The summed E-state index contributed by atoms with van der Waals surface area (Å²) < 4.78 is 5.41. The highest BCUT2D eigenvalue weighted by Gasteiger charge is 2.33. The molecule has 0 fully saturated rings. The van der Waals surface area contributed by atoms with E-state index in [4.69, 9.17) is 9.84 Å². The number of fused-ring (bicyclic) bond motifs is 1. The number of aromatic carboxylic acids is 1. The van der Waals surface area contributed by atoms with Gasteiger partial charge in [0.15, 0.2) is 6.10 Å². The van der Waals surface area contributed by atoms with Crippen molar-refractivity contribution < 1.29 is 24.2 Å². The summed E-state index contributed by atoms with van der Waals surface area (Å²) in [4.78, 5) is 35.8. The average Bonchev–Trinajstić information content (AvgIpc) is 2.43. The summed E-state index contributed by atoms with van der Waals surface area (Å²) in [6, 6.07) is 4.20. The molecule has 0 radical (unpaired) electrons. The number of carbonyl (C=O) groups is 3. The summed E-state index contributed by atoms with van der Waals surface area (Å²) in [6.45, 7) is 1.40. The first kappa shape index (κ1) is 13.9. The number of rotatable bonds is 3. The third kappa shape index (κ3) is 2.42. The maximum absolute atomic E-state index is 12.1. The third-order valence-electron chi connectivity index (χ3n) is 2.99. The van der Waals surface area contributed by atoms with E-state index >= 15 is 0 Å². The van der Waals surface area contributed by atoms with E-state index in [9.17, 15) is 14.4 Å². The molecule has 1 heterocycles. The number of carboxylic acid groups (broad SMARTS) is 1. The van der Waals surface area contributed by atoms with Crippen molar-refractivity contribution in [1.82, 2.24) is 5.32 Å². The van der Waals surface area contributed by atoms with Crippen molar-refractivity contribution in [3.8, 4) is 5.75 Å². The van der Waals surface area contributed by atoms with Crippen molar-refractivity contribution in [3.63, 3.8) is 0 Å². The average molecular weight is 278 g/mol. The van der Waals surface area contributed by atoms with Crippen LogP contribution < -0.4 is 15.0 Å². The topological polar surface area (TPSA) is 95.9 Å². The minimum Gasteiger partial charge on any atom is -0.479 e. The van der Waals surface area contributed by atoms with Gasteiger partial charge in [0, 0.05) is 7.05 Å². The number of hydrogen-bond donors (Lipinski definition) is 2. The van der Waals surface area contributed by atoms with E-state index in [1.807, 2.05) is 0 Å². The Hall–Kier alpha value is -2.57. The maximum atomic E-state index is 12.1. The van der Waals surface area contributed by atoms with Crippen molar-refractivity contribution in [2.45, 2.75) is 13.0 Å². The number of benzene rings is 1. The van der Waals surface area contributed by atoms with Crippen LogP contribution in [0.25, 0.3) is 0 Å². The van der Waals surface area contributed by atoms with Gasteiger partial charge >= 0.3 is 5.97 Å². The van der Waals surface area contributed by atoms with Gasteiger partial charge < -0.3 is 15.2 Å². The van der Waals surface area contributed by atoms with Crippen molar-refractivity contribution in [2.75, 3.05) is 18.5 Å². The molecule has 2 amide bonds. The highest BCUT2D eigenvalue weighted by molar-refractivity contribution is 6.04. The predicted octanol–water partition coefficient (Wildman–Crippen LogP) is 0.245. The number of carboxylic acids is 1. The monoisotopic (exact) mass is 278 g/mol. The molecule has 7 heteroatoms. The van der Waals surface area contributed by atoms with Gasteiger partial charge in [0.2, 0.25) is 5.91 Å². The van der Waals surface area contributed by atoms with E-state index in [2.05, 4.69) is 5.32 Å². The lowest BCUT2D eigenvalue weighted by Gasteiger charge is -2.32. The molecule has 2 N–H and O–H groups in total. The van der Waals surface area contributed by atoms with Crippen LogP contribution in [-0.2, 0) is 9.59 Å². The van der Waals surface area contributed by atoms with Crippen molar-refractivity contribution in [3.05, 3.63) is 23.8 Å². The molecule has 0 saturated heterocycles. The first-order chi connectivity index (χ1) is 9.43. The molecular formula is C13H14N2O5. The molecule has 1 unspecified atom stereocenters. The van der Waals surface area contributed by atoms with E-state index < -0.39 is 12.1 Å². The zero-order valence-corrected chi connectivity index (χ0v) is 11.0. The SMILES string of the molecule is CNC(=O)CN1C(=O)C(C)Oc2ccc(C(=O)O)cc21. The van der Waals surface area contributed by atoms with Crippen LogP contribution in [-0.4, -0.2) is 42.6 Å². The van der Waals surface area contributed by atoms with Gasteiger partial charge in [0.05, 0.1) is 11.3 Å². The Morgan fingerprint density at radius 1 is 1.45 bits per heavy atom. The van der Waals surface area contributed by atoms with E-state index in [1.165, 1.54) is 30.1 Å². The number of nitrogens with one attached hydrogen (secondary N) is 1. The molecule has 106 valence electrons. The lowest BCUT2D eigenvalue weighted by molar-refractivity contribution is -0.128. The number of likely N-dealkylation sites (N-methyl/N-ethyl adjacent to an activating group) is 1. The molecule has 0 bridgehead atoms. The second-order valence-electron chi connectivity index (χ2n) is 4.35. The molecule has 1 aromatic rings. The number of carbonyl (C=O) groups excluding carboxylic acids is 2. The van der Waals surface area contributed by atoms with E-state index in [0.717, 1.165) is 0 Å². The standard InChI is InChI=1S/C13H14N2O5/c1-7-12(17)15(6-11(16)14-2)9-5-8(13(18)19)3-4-10(9)20-7/h3-5,7H,6H2,1-2H3,(H,14,16)(H,18,19). The Morgan fingerprint density at radius 2 is 2.15 bits per heavy atom.